The summed E-state index contributed by atoms with van der Waals surface area (Å²) >= 11 is 0. The molecule has 1 aliphatic rings. The van der Waals surface area contributed by atoms with E-state index in [9.17, 15) is 9.59 Å². The summed E-state index contributed by atoms with van der Waals surface area (Å²) in [4.78, 5) is 30.8. The summed E-state index contributed by atoms with van der Waals surface area (Å²) in [6, 6.07) is 8.17. The number of amides is 3. The van der Waals surface area contributed by atoms with Gasteiger partial charge in [-0.25, -0.2) is 4.79 Å². The van der Waals surface area contributed by atoms with Gasteiger partial charge in [0.15, 0.2) is 0 Å². The average molecular weight is 403 g/mol. The molecular weight excluding hydrogens is 364 g/mol. The number of hydrogen-bond donors (Lipinski definition) is 1. The number of hydrogen-bond acceptors (Lipinski definition) is 3. The molecule has 2 rings (SSSR count). The summed E-state index contributed by atoms with van der Waals surface area (Å²) in [7, 11) is 0. The van der Waals surface area contributed by atoms with E-state index in [1.165, 1.54) is 5.56 Å². The Morgan fingerprint density at radius 2 is 1.62 bits per heavy atom. The maximum absolute atomic E-state index is 12.6. The van der Waals surface area contributed by atoms with Crippen LogP contribution in [0.15, 0.2) is 24.3 Å². The predicted molar refractivity (Wildman–Crippen MR) is 118 cm³/mol. The van der Waals surface area contributed by atoms with E-state index in [1.54, 1.807) is 4.90 Å². The van der Waals surface area contributed by atoms with Gasteiger partial charge in [-0.3, -0.25) is 4.79 Å². The van der Waals surface area contributed by atoms with Crippen molar-refractivity contribution < 1.29 is 9.59 Å². The maximum atomic E-state index is 12.6. The summed E-state index contributed by atoms with van der Waals surface area (Å²) in [5.74, 6) is 1.13. The molecule has 0 aromatic heterocycles. The normalized spacial score (nSPS) is 14.6. The highest BCUT2D eigenvalue weighted by molar-refractivity contribution is 5.85. The molecule has 1 aromatic carbocycles. The standard InChI is InChI=1S/C23H38N4O2/c1-18(2)14-25(15-19(3)4)11-10-24-22(28)17-27-13-12-26(23(27)29)16-21-8-6-20(5)7-9-21/h6-9,18-19H,10-17H2,1-5H3,(H,24,28). The van der Waals surface area contributed by atoms with Gasteiger partial charge in [0.1, 0.15) is 6.54 Å². The van der Waals surface area contributed by atoms with Gasteiger partial charge in [-0.2, -0.15) is 0 Å². The van der Waals surface area contributed by atoms with Crippen LogP contribution in [0.1, 0.15) is 38.8 Å². The Morgan fingerprint density at radius 1 is 1.03 bits per heavy atom. The third kappa shape index (κ3) is 8.05. The van der Waals surface area contributed by atoms with E-state index in [2.05, 4.69) is 69.1 Å². The first kappa shape index (κ1) is 23.2. The molecule has 0 spiro atoms. The molecule has 1 fully saturated rings. The van der Waals surface area contributed by atoms with E-state index in [1.807, 2.05) is 4.90 Å². The molecule has 0 bridgehead atoms. The van der Waals surface area contributed by atoms with Gasteiger partial charge in [-0.05, 0) is 24.3 Å². The molecule has 0 saturated carbocycles. The minimum atomic E-state index is -0.0791. The number of urea groups is 1. The van der Waals surface area contributed by atoms with E-state index < -0.39 is 0 Å². The molecule has 162 valence electrons. The Morgan fingerprint density at radius 3 is 2.21 bits per heavy atom. The van der Waals surface area contributed by atoms with Crippen LogP contribution in [0.3, 0.4) is 0 Å². The van der Waals surface area contributed by atoms with Gasteiger partial charge in [-0.15, -0.1) is 0 Å². The fourth-order valence-corrected chi connectivity index (χ4v) is 3.71. The molecule has 1 saturated heterocycles. The number of carbonyl (C=O) groups is 2. The highest BCUT2D eigenvalue weighted by Crippen LogP contribution is 2.14. The third-order valence-electron chi connectivity index (χ3n) is 5.01. The Balaban J connectivity index is 1.74. The molecular formula is C23H38N4O2. The molecule has 0 aliphatic carbocycles. The van der Waals surface area contributed by atoms with Gasteiger partial charge in [0.25, 0.3) is 0 Å². The minimum Gasteiger partial charge on any atom is -0.353 e. The number of rotatable bonds is 11. The molecule has 1 N–H and O–H groups in total. The van der Waals surface area contributed by atoms with Crippen LogP contribution in [0.25, 0.3) is 0 Å². The third-order valence-corrected chi connectivity index (χ3v) is 5.01. The molecule has 0 atom stereocenters. The molecule has 1 aliphatic heterocycles. The van der Waals surface area contributed by atoms with Crippen LogP contribution >= 0.6 is 0 Å². The largest absolute Gasteiger partial charge is 0.353 e. The van der Waals surface area contributed by atoms with E-state index in [-0.39, 0.29) is 18.5 Å². The van der Waals surface area contributed by atoms with Crippen LogP contribution in [-0.4, -0.2) is 72.5 Å². The minimum absolute atomic E-state index is 0.0537. The van der Waals surface area contributed by atoms with Crippen molar-refractivity contribution in [1.82, 2.24) is 20.0 Å². The van der Waals surface area contributed by atoms with Crippen molar-refractivity contribution in [2.24, 2.45) is 11.8 Å². The quantitative estimate of drug-likeness (QED) is 0.619. The molecule has 6 heteroatoms. The predicted octanol–water partition coefficient (Wildman–Crippen LogP) is 2.96. The molecule has 0 unspecified atom stereocenters. The van der Waals surface area contributed by atoms with Crippen LogP contribution in [0.5, 0.6) is 0 Å². The maximum Gasteiger partial charge on any atom is 0.320 e. The van der Waals surface area contributed by atoms with Gasteiger partial charge in [-0.1, -0.05) is 57.5 Å². The molecule has 3 amide bonds. The highest BCUT2D eigenvalue weighted by Gasteiger charge is 2.29. The monoisotopic (exact) mass is 402 g/mol. The topological polar surface area (TPSA) is 55.9 Å². The fraction of sp³-hybridized carbons (Fsp3) is 0.652. The van der Waals surface area contributed by atoms with Crippen molar-refractivity contribution >= 4 is 11.9 Å². The van der Waals surface area contributed by atoms with Gasteiger partial charge in [0.2, 0.25) is 5.91 Å². The van der Waals surface area contributed by atoms with E-state index in [4.69, 9.17) is 0 Å². The zero-order valence-electron chi connectivity index (χ0n) is 18.8. The van der Waals surface area contributed by atoms with Crippen molar-refractivity contribution in [3.63, 3.8) is 0 Å². The zero-order chi connectivity index (χ0) is 21.4. The summed E-state index contributed by atoms with van der Waals surface area (Å²) in [6.45, 7) is 16.4. The first-order valence-corrected chi connectivity index (χ1v) is 10.8. The van der Waals surface area contributed by atoms with Gasteiger partial charge < -0.3 is 20.0 Å². The number of nitrogens with zero attached hydrogens (tertiary/aromatic N) is 3. The summed E-state index contributed by atoms with van der Waals surface area (Å²) in [5, 5.41) is 2.98. The fourth-order valence-electron chi connectivity index (χ4n) is 3.71. The van der Waals surface area contributed by atoms with Crippen molar-refractivity contribution in [3.8, 4) is 0 Å². The second kappa shape index (κ2) is 11.2. The first-order chi connectivity index (χ1) is 13.7. The Hall–Kier alpha value is -2.08. The number of benzene rings is 1. The van der Waals surface area contributed by atoms with Gasteiger partial charge in [0.05, 0.1) is 0 Å². The SMILES string of the molecule is Cc1ccc(CN2CCN(CC(=O)NCCN(CC(C)C)CC(C)C)C2=O)cc1. The van der Waals surface area contributed by atoms with E-state index >= 15 is 0 Å². The number of aryl methyl sites for hydroxylation is 1. The number of carbonyl (C=O) groups excluding carboxylic acids is 2. The van der Waals surface area contributed by atoms with Crippen molar-refractivity contribution in [1.29, 1.82) is 0 Å². The first-order valence-electron chi connectivity index (χ1n) is 10.8. The van der Waals surface area contributed by atoms with Gasteiger partial charge in [0, 0.05) is 45.8 Å². The molecule has 29 heavy (non-hydrogen) atoms. The lowest BCUT2D eigenvalue weighted by Gasteiger charge is -2.26. The van der Waals surface area contributed by atoms with Crippen LogP contribution in [-0.2, 0) is 11.3 Å². The van der Waals surface area contributed by atoms with Crippen LogP contribution in [0, 0.1) is 18.8 Å². The van der Waals surface area contributed by atoms with Crippen molar-refractivity contribution in [2.45, 2.75) is 41.2 Å². The Kier molecular flexibility index (Phi) is 8.96. The summed E-state index contributed by atoms with van der Waals surface area (Å²) in [5.41, 5.74) is 2.32. The van der Waals surface area contributed by atoms with E-state index in [0.29, 0.717) is 38.0 Å². The second-order valence-electron chi connectivity index (χ2n) is 9.01. The van der Waals surface area contributed by atoms with E-state index in [0.717, 1.165) is 25.2 Å². The highest BCUT2D eigenvalue weighted by atomic mass is 16.2. The van der Waals surface area contributed by atoms with Crippen LogP contribution in [0.2, 0.25) is 0 Å². The summed E-state index contributed by atoms with van der Waals surface area (Å²) < 4.78 is 0. The zero-order valence-corrected chi connectivity index (χ0v) is 18.8. The lowest BCUT2D eigenvalue weighted by molar-refractivity contribution is -0.121. The lowest BCUT2D eigenvalue weighted by atomic mass is 10.1. The van der Waals surface area contributed by atoms with Crippen molar-refractivity contribution in [3.05, 3.63) is 35.4 Å². The lowest BCUT2D eigenvalue weighted by Crippen LogP contribution is -2.43. The average Bonchev–Trinajstić information content (AvgIpc) is 2.96. The van der Waals surface area contributed by atoms with Gasteiger partial charge >= 0.3 is 6.03 Å². The Bertz CT molecular complexity index is 647. The Labute approximate surface area is 176 Å². The van der Waals surface area contributed by atoms with Crippen molar-refractivity contribution in [2.75, 3.05) is 45.8 Å². The second-order valence-corrected chi connectivity index (χ2v) is 9.01. The molecule has 1 aromatic rings. The van der Waals surface area contributed by atoms with Crippen LogP contribution < -0.4 is 5.32 Å². The number of nitrogens with one attached hydrogen (secondary N) is 1. The molecule has 1 heterocycles. The molecule has 6 nitrogen and oxygen atoms in total. The van der Waals surface area contributed by atoms with Crippen LogP contribution in [0.4, 0.5) is 4.79 Å². The summed E-state index contributed by atoms with van der Waals surface area (Å²) in [6.07, 6.45) is 0. The molecule has 0 radical (unpaired) electrons. The smallest absolute Gasteiger partial charge is 0.320 e.